The molecule has 0 amide bonds. The third kappa shape index (κ3) is 5.17. The van der Waals surface area contributed by atoms with Gasteiger partial charge < -0.3 is 14.5 Å². The summed E-state index contributed by atoms with van der Waals surface area (Å²) in [6.45, 7) is 2.62. The lowest BCUT2D eigenvalue weighted by Gasteiger charge is -2.45. The first-order chi connectivity index (χ1) is 19.1. The van der Waals surface area contributed by atoms with Crippen molar-refractivity contribution in [2.24, 2.45) is 0 Å². The Labute approximate surface area is 232 Å². The van der Waals surface area contributed by atoms with E-state index in [2.05, 4.69) is 20.0 Å². The van der Waals surface area contributed by atoms with Crippen molar-refractivity contribution in [3.63, 3.8) is 0 Å². The van der Waals surface area contributed by atoms with Gasteiger partial charge in [-0.05, 0) is 23.8 Å². The summed E-state index contributed by atoms with van der Waals surface area (Å²) in [5, 5.41) is 9.54. The molecule has 3 aliphatic heterocycles. The van der Waals surface area contributed by atoms with Crippen molar-refractivity contribution in [1.29, 1.82) is 0 Å². The average molecular weight is 584 g/mol. The maximum absolute atomic E-state index is 14.6. The number of piperazine rings is 1. The lowest BCUT2D eigenvalue weighted by molar-refractivity contribution is -0.161. The second kappa shape index (κ2) is 10.3. The van der Waals surface area contributed by atoms with E-state index in [0.29, 0.717) is 69.2 Å². The summed E-state index contributed by atoms with van der Waals surface area (Å²) in [6, 6.07) is 7.72. The van der Waals surface area contributed by atoms with Gasteiger partial charge in [0.1, 0.15) is 5.82 Å². The van der Waals surface area contributed by atoms with E-state index in [1.54, 1.807) is 6.07 Å². The molecule has 3 aromatic rings. The van der Waals surface area contributed by atoms with Gasteiger partial charge in [0.2, 0.25) is 5.95 Å². The molecular formula is C26H27ClF5N7O. The van der Waals surface area contributed by atoms with Crippen molar-refractivity contribution in [1.82, 2.24) is 24.6 Å². The summed E-state index contributed by atoms with van der Waals surface area (Å²) in [7, 11) is 1.34. The summed E-state index contributed by atoms with van der Waals surface area (Å²) in [4.78, 5) is 7.42. The highest BCUT2D eigenvalue weighted by Gasteiger charge is 2.40. The maximum atomic E-state index is 14.6. The van der Waals surface area contributed by atoms with E-state index in [-0.39, 0.29) is 17.5 Å². The van der Waals surface area contributed by atoms with Crippen LogP contribution in [0.1, 0.15) is 11.4 Å². The largest absolute Gasteiger partial charge is 0.494 e. The van der Waals surface area contributed by atoms with E-state index >= 15 is 0 Å². The molecule has 214 valence electrons. The van der Waals surface area contributed by atoms with Crippen LogP contribution in [-0.2, 0) is 13.1 Å². The van der Waals surface area contributed by atoms with Gasteiger partial charge in [-0.2, -0.15) is 13.2 Å². The molecule has 1 aromatic heterocycles. The molecule has 0 bridgehead atoms. The van der Waals surface area contributed by atoms with E-state index in [0.717, 1.165) is 17.3 Å². The predicted octanol–water partition coefficient (Wildman–Crippen LogP) is 4.10. The number of hydrogen-bond acceptors (Lipinski definition) is 7. The van der Waals surface area contributed by atoms with Gasteiger partial charge in [0.25, 0.3) is 0 Å². The van der Waals surface area contributed by atoms with Gasteiger partial charge in [-0.1, -0.05) is 11.6 Å². The number of rotatable bonds is 5. The van der Waals surface area contributed by atoms with Crippen LogP contribution in [0.25, 0.3) is 5.69 Å². The van der Waals surface area contributed by atoms with Crippen LogP contribution >= 0.6 is 11.6 Å². The second-order valence-corrected chi connectivity index (χ2v) is 10.7. The van der Waals surface area contributed by atoms with Crippen molar-refractivity contribution >= 4 is 23.2 Å². The topological polar surface area (TPSA) is 52.9 Å². The number of fused-ring (bicyclic) bond motifs is 3. The third-order valence-electron chi connectivity index (χ3n) is 7.70. The lowest BCUT2D eigenvalue weighted by Crippen LogP contribution is -2.60. The number of nitrogens with zero attached hydrogens (tertiary/aromatic N) is 7. The lowest BCUT2D eigenvalue weighted by atomic mass is 10.1. The van der Waals surface area contributed by atoms with E-state index in [9.17, 15) is 22.0 Å². The molecule has 0 N–H and O–H groups in total. The standard InChI is InChI=1S/C26H27ClF5N7O/c1-40-23-10-22(19(28)9-20(23)29)36-4-6-37(7-5-36)25-34-33-24-14-38(18-12-35(13-18)15-26(30,31)32)11-16-8-17(27)2-3-21(16)39(24)25/h2-3,8-10,18H,4-7,11-15H2,1H3. The molecule has 2 saturated heterocycles. The number of hydrogen-bond donors (Lipinski definition) is 0. The minimum absolute atomic E-state index is 0.0191. The van der Waals surface area contributed by atoms with Crippen molar-refractivity contribution < 1.29 is 26.7 Å². The highest BCUT2D eigenvalue weighted by molar-refractivity contribution is 6.30. The van der Waals surface area contributed by atoms with Crippen LogP contribution in [0.5, 0.6) is 5.75 Å². The first kappa shape index (κ1) is 27.0. The number of methoxy groups -OCH3 is 1. The first-order valence-electron chi connectivity index (χ1n) is 12.9. The normalized spacial score (nSPS) is 18.8. The molecule has 2 aromatic carbocycles. The quantitative estimate of drug-likeness (QED) is 0.419. The maximum Gasteiger partial charge on any atom is 0.401 e. The number of likely N-dealkylation sites (tertiary alicyclic amines) is 1. The smallest absolute Gasteiger partial charge is 0.401 e. The van der Waals surface area contributed by atoms with Crippen LogP contribution in [0, 0.1) is 11.6 Å². The van der Waals surface area contributed by atoms with Gasteiger partial charge in [-0.3, -0.25) is 14.4 Å². The van der Waals surface area contributed by atoms with Crippen LogP contribution in [0.3, 0.4) is 0 Å². The van der Waals surface area contributed by atoms with Crippen molar-refractivity contribution in [2.75, 3.05) is 62.7 Å². The zero-order chi connectivity index (χ0) is 28.2. The zero-order valence-electron chi connectivity index (χ0n) is 21.6. The molecule has 6 rings (SSSR count). The minimum Gasteiger partial charge on any atom is -0.494 e. The Morgan fingerprint density at radius 1 is 0.925 bits per heavy atom. The molecular weight excluding hydrogens is 557 g/mol. The Hall–Kier alpha value is -3.16. The Morgan fingerprint density at radius 3 is 2.35 bits per heavy atom. The molecule has 8 nitrogen and oxygen atoms in total. The van der Waals surface area contributed by atoms with E-state index in [1.165, 1.54) is 18.1 Å². The fourth-order valence-electron chi connectivity index (χ4n) is 5.70. The number of aromatic nitrogens is 3. The fourth-order valence-corrected chi connectivity index (χ4v) is 5.89. The van der Waals surface area contributed by atoms with E-state index in [4.69, 9.17) is 16.3 Å². The molecule has 0 radical (unpaired) electrons. The van der Waals surface area contributed by atoms with Crippen molar-refractivity contribution in [2.45, 2.75) is 25.3 Å². The average Bonchev–Trinajstić information content (AvgIpc) is 3.21. The van der Waals surface area contributed by atoms with Gasteiger partial charge in [0, 0.05) is 69.0 Å². The van der Waals surface area contributed by atoms with Crippen molar-refractivity contribution in [3.05, 3.63) is 58.4 Å². The summed E-state index contributed by atoms with van der Waals surface area (Å²) < 4.78 is 74.0. The summed E-state index contributed by atoms with van der Waals surface area (Å²) in [5.74, 6) is -0.115. The number of anilines is 2. The molecule has 3 aliphatic rings. The fraction of sp³-hybridized carbons (Fsp3) is 0.462. The number of benzene rings is 2. The van der Waals surface area contributed by atoms with Crippen LogP contribution in [0.15, 0.2) is 30.3 Å². The van der Waals surface area contributed by atoms with Gasteiger partial charge in [0.15, 0.2) is 17.4 Å². The minimum atomic E-state index is -4.22. The van der Waals surface area contributed by atoms with Gasteiger partial charge in [-0.25, -0.2) is 8.78 Å². The number of ether oxygens (including phenoxy) is 1. The highest BCUT2D eigenvalue weighted by atomic mass is 35.5. The third-order valence-corrected chi connectivity index (χ3v) is 7.93. The molecule has 0 atom stereocenters. The van der Waals surface area contributed by atoms with Gasteiger partial charge in [0.05, 0.1) is 31.6 Å². The number of alkyl halides is 3. The van der Waals surface area contributed by atoms with Crippen LogP contribution in [0.4, 0.5) is 33.6 Å². The second-order valence-electron chi connectivity index (χ2n) is 10.3. The zero-order valence-corrected chi connectivity index (χ0v) is 22.4. The molecule has 40 heavy (non-hydrogen) atoms. The van der Waals surface area contributed by atoms with Crippen molar-refractivity contribution in [3.8, 4) is 11.4 Å². The molecule has 0 aliphatic carbocycles. The molecule has 0 unspecified atom stereocenters. The SMILES string of the molecule is COc1cc(N2CCN(c3nnc4n3-c3ccc(Cl)cc3CN(C3CN(CC(F)(F)F)C3)C4)CC2)c(F)cc1F. The molecule has 0 saturated carbocycles. The molecule has 0 spiro atoms. The summed E-state index contributed by atoms with van der Waals surface area (Å²) in [5.41, 5.74) is 2.07. The highest BCUT2D eigenvalue weighted by Crippen LogP contribution is 2.34. The Kier molecular flexibility index (Phi) is 6.99. The predicted molar refractivity (Wildman–Crippen MR) is 139 cm³/mol. The number of halogens is 6. The monoisotopic (exact) mass is 583 g/mol. The Balaban J connectivity index is 1.23. The van der Waals surface area contributed by atoms with E-state index < -0.39 is 24.4 Å². The van der Waals surface area contributed by atoms with Gasteiger partial charge in [-0.15, -0.1) is 10.2 Å². The van der Waals surface area contributed by atoms with Gasteiger partial charge >= 0.3 is 6.18 Å². The van der Waals surface area contributed by atoms with Crippen LogP contribution < -0.4 is 14.5 Å². The Morgan fingerprint density at radius 2 is 1.65 bits per heavy atom. The molecule has 14 heteroatoms. The summed E-state index contributed by atoms with van der Waals surface area (Å²) >= 11 is 6.34. The summed E-state index contributed by atoms with van der Waals surface area (Å²) in [6.07, 6.45) is -4.22. The Bertz CT molecular complexity index is 1400. The van der Waals surface area contributed by atoms with Crippen LogP contribution in [0.2, 0.25) is 5.02 Å². The molecule has 4 heterocycles. The molecule has 2 fully saturated rings. The van der Waals surface area contributed by atoms with Crippen LogP contribution in [-0.4, -0.2) is 89.7 Å². The van der Waals surface area contributed by atoms with E-state index in [1.807, 2.05) is 21.6 Å². The first-order valence-corrected chi connectivity index (χ1v) is 13.3.